The normalized spacial score (nSPS) is 22.3. The lowest BCUT2D eigenvalue weighted by Crippen LogP contribution is -2.53. The van der Waals surface area contributed by atoms with Crippen LogP contribution >= 0.6 is 0 Å². The van der Waals surface area contributed by atoms with E-state index in [0.29, 0.717) is 19.5 Å². The molecular weight excluding hydrogens is 266 g/mol. The molecule has 0 aromatic heterocycles. The number of hydrogen-bond donors (Lipinski definition) is 2. The zero-order valence-electron chi connectivity index (χ0n) is 11.8. The molecule has 1 rings (SSSR count). The average molecular weight is 291 g/mol. The van der Waals surface area contributed by atoms with E-state index in [1.165, 1.54) is 0 Å². The van der Waals surface area contributed by atoms with Crippen molar-refractivity contribution in [2.75, 3.05) is 19.3 Å². The van der Waals surface area contributed by atoms with Gasteiger partial charge in [-0.3, -0.25) is 4.79 Å². The van der Waals surface area contributed by atoms with E-state index in [9.17, 15) is 13.2 Å². The molecule has 1 amide bonds. The lowest BCUT2D eigenvalue weighted by Gasteiger charge is -2.34. The number of likely N-dealkylation sites (tertiary alicyclic amines) is 1. The zero-order chi connectivity index (χ0) is 14.5. The fraction of sp³-hybridized carbons (Fsp3) is 0.917. The molecule has 1 heterocycles. The second kappa shape index (κ2) is 7.21. The summed E-state index contributed by atoms with van der Waals surface area (Å²) in [5.41, 5.74) is 5.88. The number of piperidine rings is 1. The Labute approximate surface area is 115 Å². The van der Waals surface area contributed by atoms with Crippen molar-refractivity contribution in [1.29, 1.82) is 0 Å². The number of nitrogens with two attached hydrogens (primary N) is 1. The molecule has 1 fully saturated rings. The molecule has 1 aliphatic rings. The third-order valence-corrected chi connectivity index (χ3v) is 4.06. The molecule has 0 bridgehead atoms. The fourth-order valence-corrected chi connectivity index (χ4v) is 3.16. The summed E-state index contributed by atoms with van der Waals surface area (Å²) in [6.07, 6.45) is 5.35. The maximum atomic E-state index is 12.1. The first-order valence-corrected chi connectivity index (χ1v) is 8.74. The highest BCUT2D eigenvalue weighted by Crippen LogP contribution is 2.13. The minimum Gasteiger partial charge on any atom is -0.340 e. The Morgan fingerprint density at radius 3 is 2.79 bits per heavy atom. The maximum absolute atomic E-state index is 12.1. The van der Waals surface area contributed by atoms with Crippen LogP contribution in [-0.4, -0.2) is 50.7 Å². The smallest absolute Gasteiger partial charge is 0.239 e. The fourth-order valence-electron chi connectivity index (χ4n) is 2.36. The predicted octanol–water partition coefficient (Wildman–Crippen LogP) is 0.0441. The van der Waals surface area contributed by atoms with E-state index in [1.807, 2.05) is 0 Å². The van der Waals surface area contributed by atoms with Crippen molar-refractivity contribution in [3.8, 4) is 0 Å². The first-order valence-electron chi connectivity index (χ1n) is 6.85. The topological polar surface area (TPSA) is 92.5 Å². The van der Waals surface area contributed by atoms with E-state index >= 15 is 0 Å². The van der Waals surface area contributed by atoms with Crippen molar-refractivity contribution in [2.24, 2.45) is 5.73 Å². The van der Waals surface area contributed by atoms with Crippen molar-refractivity contribution in [1.82, 2.24) is 9.62 Å². The number of rotatable bonds is 6. The zero-order valence-corrected chi connectivity index (χ0v) is 12.6. The average Bonchev–Trinajstić information content (AvgIpc) is 2.33. The molecule has 2 atom stereocenters. The Bertz CT molecular complexity index is 397. The standard InChI is InChI=1S/C12H25N3O3S/c1-3-4-7-11(13)12(16)15-8-5-6-10(9-15)14-19(2,17)18/h10-11,14H,3-9,13H2,1-2H3/t10?,11-/m0/s1. The van der Waals surface area contributed by atoms with Gasteiger partial charge < -0.3 is 10.6 Å². The molecule has 1 unspecified atom stereocenters. The Morgan fingerprint density at radius 1 is 1.53 bits per heavy atom. The van der Waals surface area contributed by atoms with Crippen LogP contribution < -0.4 is 10.5 Å². The number of carbonyl (C=O) groups excluding carboxylic acids is 1. The van der Waals surface area contributed by atoms with Crippen LogP contribution in [0.3, 0.4) is 0 Å². The van der Waals surface area contributed by atoms with E-state index in [2.05, 4.69) is 11.6 Å². The van der Waals surface area contributed by atoms with E-state index in [0.717, 1.165) is 31.9 Å². The molecule has 0 spiro atoms. The van der Waals surface area contributed by atoms with Crippen LogP contribution in [0.15, 0.2) is 0 Å². The first kappa shape index (κ1) is 16.4. The monoisotopic (exact) mass is 291 g/mol. The Hall–Kier alpha value is -0.660. The molecule has 19 heavy (non-hydrogen) atoms. The van der Waals surface area contributed by atoms with Crippen LogP contribution in [-0.2, 0) is 14.8 Å². The van der Waals surface area contributed by atoms with Crippen LogP contribution in [0.2, 0.25) is 0 Å². The molecule has 6 nitrogen and oxygen atoms in total. The molecule has 1 saturated heterocycles. The predicted molar refractivity (Wildman–Crippen MR) is 75.1 cm³/mol. The number of unbranched alkanes of at least 4 members (excludes halogenated alkanes) is 1. The van der Waals surface area contributed by atoms with Gasteiger partial charge in [0.25, 0.3) is 0 Å². The summed E-state index contributed by atoms with van der Waals surface area (Å²) in [7, 11) is -3.23. The van der Waals surface area contributed by atoms with Crippen molar-refractivity contribution >= 4 is 15.9 Å². The molecule has 112 valence electrons. The maximum Gasteiger partial charge on any atom is 0.239 e. The lowest BCUT2D eigenvalue weighted by molar-refractivity contribution is -0.134. The highest BCUT2D eigenvalue weighted by atomic mass is 32.2. The van der Waals surface area contributed by atoms with Gasteiger partial charge in [0, 0.05) is 19.1 Å². The highest BCUT2D eigenvalue weighted by molar-refractivity contribution is 7.88. The minimum absolute atomic E-state index is 0.0616. The van der Waals surface area contributed by atoms with E-state index in [4.69, 9.17) is 5.73 Å². The van der Waals surface area contributed by atoms with Gasteiger partial charge in [-0.15, -0.1) is 0 Å². The second-order valence-corrected chi connectivity index (χ2v) is 7.04. The van der Waals surface area contributed by atoms with Crippen LogP contribution in [0, 0.1) is 0 Å². The SMILES string of the molecule is CCCC[C@H](N)C(=O)N1CCCC(NS(C)(=O)=O)C1. The minimum atomic E-state index is -3.23. The third kappa shape index (κ3) is 5.88. The van der Waals surface area contributed by atoms with Gasteiger partial charge in [0.15, 0.2) is 0 Å². The summed E-state index contributed by atoms with van der Waals surface area (Å²) in [5.74, 6) is -0.0616. The van der Waals surface area contributed by atoms with Crippen molar-refractivity contribution in [2.45, 2.75) is 51.1 Å². The summed E-state index contributed by atoms with van der Waals surface area (Å²) in [4.78, 5) is 13.8. The van der Waals surface area contributed by atoms with Crippen LogP contribution in [0.5, 0.6) is 0 Å². The van der Waals surface area contributed by atoms with Crippen molar-refractivity contribution < 1.29 is 13.2 Å². The number of nitrogens with one attached hydrogen (secondary N) is 1. The number of nitrogens with zero attached hydrogens (tertiary/aromatic N) is 1. The summed E-state index contributed by atoms with van der Waals surface area (Å²) < 4.78 is 25.0. The molecule has 7 heteroatoms. The Morgan fingerprint density at radius 2 is 2.21 bits per heavy atom. The number of hydrogen-bond acceptors (Lipinski definition) is 4. The molecule has 0 aromatic carbocycles. The number of carbonyl (C=O) groups is 1. The van der Waals surface area contributed by atoms with E-state index in [-0.39, 0.29) is 11.9 Å². The number of amides is 1. The van der Waals surface area contributed by atoms with Crippen LogP contribution in [0.1, 0.15) is 39.0 Å². The number of sulfonamides is 1. The molecule has 0 aliphatic carbocycles. The van der Waals surface area contributed by atoms with Gasteiger partial charge >= 0.3 is 0 Å². The molecule has 0 radical (unpaired) electrons. The Kier molecular flexibility index (Phi) is 6.22. The molecular formula is C12H25N3O3S. The quantitative estimate of drug-likeness (QED) is 0.723. The van der Waals surface area contributed by atoms with Crippen LogP contribution in [0.4, 0.5) is 0 Å². The summed E-state index contributed by atoms with van der Waals surface area (Å²) in [6, 6.07) is -0.650. The highest BCUT2D eigenvalue weighted by Gasteiger charge is 2.27. The second-order valence-electron chi connectivity index (χ2n) is 5.26. The van der Waals surface area contributed by atoms with Crippen molar-refractivity contribution in [3.63, 3.8) is 0 Å². The van der Waals surface area contributed by atoms with Gasteiger partial charge in [-0.2, -0.15) is 0 Å². The molecule has 1 aliphatic heterocycles. The molecule has 0 saturated carbocycles. The Balaban J connectivity index is 2.52. The van der Waals surface area contributed by atoms with Gasteiger partial charge in [-0.1, -0.05) is 19.8 Å². The van der Waals surface area contributed by atoms with Gasteiger partial charge in [-0.25, -0.2) is 13.1 Å². The molecule has 0 aromatic rings. The van der Waals surface area contributed by atoms with E-state index in [1.54, 1.807) is 4.90 Å². The van der Waals surface area contributed by atoms with Gasteiger partial charge in [-0.05, 0) is 19.3 Å². The van der Waals surface area contributed by atoms with E-state index < -0.39 is 16.1 Å². The van der Waals surface area contributed by atoms with Gasteiger partial charge in [0.1, 0.15) is 0 Å². The van der Waals surface area contributed by atoms with Crippen LogP contribution in [0.25, 0.3) is 0 Å². The summed E-state index contributed by atoms with van der Waals surface area (Å²) in [6.45, 7) is 3.15. The van der Waals surface area contributed by atoms with Gasteiger partial charge in [0.05, 0.1) is 12.3 Å². The summed E-state index contributed by atoms with van der Waals surface area (Å²) >= 11 is 0. The summed E-state index contributed by atoms with van der Waals surface area (Å²) in [5, 5.41) is 0. The largest absolute Gasteiger partial charge is 0.340 e. The molecule has 3 N–H and O–H groups in total. The first-order chi connectivity index (χ1) is 8.83. The van der Waals surface area contributed by atoms with Crippen molar-refractivity contribution in [3.05, 3.63) is 0 Å². The van der Waals surface area contributed by atoms with Gasteiger partial charge in [0.2, 0.25) is 15.9 Å². The lowest BCUT2D eigenvalue weighted by atomic mass is 10.0. The third-order valence-electron chi connectivity index (χ3n) is 3.30.